The first kappa shape index (κ1) is 16.2. The highest BCUT2D eigenvalue weighted by atomic mass is 17.2. The number of nitrogens with zero attached hydrogens (tertiary/aromatic N) is 1. The summed E-state index contributed by atoms with van der Waals surface area (Å²) in [6, 6.07) is -0.572. The van der Waals surface area contributed by atoms with Crippen molar-refractivity contribution in [1.82, 2.24) is 4.90 Å². The first-order valence-corrected chi connectivity index (χ1v) is 6.34. The fourth-order valence-corrected chi connectivity index (χ4v) is 1.34. The lowest BCUT2D eigenvalue weighted by molar-refractivity contribution is -0.317. The van der Waals surface area contributed by atoms with E-state index in [0.717, 1.165) is 4.90 Å². The predicted molar refractivity (Wildman–Crippen MR) is 68.3 cm³/mol. The van der Waals surface area contributed by atoms with Gasteiger partial charge in [-0.1, -0.05) is 6.92 Å². The van der Waals surface area contributed by atoms with Crippen LogP contribution in [0.5, 0.6) is 0 Å². The van der Waals surface area contributed by atoms with E-state index < -0.39 is 29.6 Å². The molecule has 0 spiro atoms. The van der Waals surface area contributed by atoms with E-state index in [0.29, 0.717) is 6.42 Å². The SMILES string of the molecule is CCC(C)(C)OOC(=O)OCC(C)N1C(=O)C=CC1=O. The van der Waals surface area contributed by atoms with Crippen LogP contribution in [0.3, 0.4) is 0 Å². The van der Waals surface area contributed by atoms with Gasteiger partial charge in [0, 0.05) is 12.2 Å². The molecule has 1 atom stereocenters. The van der Waals surface area contributed by atoms with E-state index in [1.807, 2.05) is 6.92 Å². The Morgan fingerprint density at radius 3 is 2.35 bits per heavy atom. The van der Waals surface area contributed by atoms with Crippen molar-refractivity contribution in [2.75, 3.05) is 6.61 Å². The molecular formula is C13H19NO6. The van der Waals surface area contributed by atoms with Crippen LogP contribution in [-0.4, -0.2) is 41.1 Å². The lowest BCUT2D eigenvalue weighted by Gasteiger charge is -2.23. The highest BCUT2D eigenvalue weighted by Gasteiger charge is 2.29. The van der Waals surface area contributed by atoms with Crippen LogP contribution in [0.25, 0.3) is 0 Å². The summed E-state index contributed by atoms with van der Waals surface area (Å²) in [6.07, 6.45) is 1.98. The molecule has 0 bridgehead atoms. The summed E-state index contributed by atoms with van der Waals surface area (Å²) >= 11 is 0. The van der Waals surface area contributed by atoms with Gasteiger partial charge in [0.05, 0.1) is 6.04 Å². The van der Waals surface area contributed by atoms with E-state index in [1.54, 1.807) is 20.8 Å². The molecule has 1 unspecified atom stereocenters. The average molecular weight is 285 g/mol. The third-order valence-electron chi connectivity index (χ3n) is 2.91. The topological polar surface area (TPSA) is 82.1 Å². The van der Waals surface area contributed by atoms with Crippen molar-refractivity contribution < 1.29 is 28.9 Å². The minimum atomic E-state index is -1.01. The van der Waals surface area contributed by atoms with Crippen LogP contribution in [0.2, 0.25) is 0 Å². The Bertz CT molecular complexity index is 411. The zero-order valence-corrected chi connectivity index (χ0v) is 12.0. The lowest BCUT2D eigenvalue weighted by atomic mass is 10.1. The first-order chi connectivity index (χ1) is 9.26. The van der Waals surface area contributed by atoms with Crippen molar-refractivity contribution in [1.29, 1.82) is 0 Å². The number of imide groups is 1. The Balaban J connectivity index is 2.34. The number of hydrogen-bond acceptors (Lipinski definition) is 6. The van der Waals surface area contributed by atoms with E-state index in [9.17, 15) is 14.4 Å². The Morgan fingerprint density at radius 1 is 1.30 bits per heavy atom. The summed E-state index contributed by atoms with van der Waals surface area (Å²) in [7, 11) is 0. The van der Waals surface area contributed by atoms with Gasteiger partial charge >= 0.3 is 6.16 Å². The Morgan fingerprint density at radius 2 is 1.85 bits per heavy atom. The van der Waals surface area contributed by atoms with Gasteiger partial charge in [0.1, 0.15) is 12.2 Å². The molecule has 2 amide bonds. The molecule has 0 aromatic heterocycles. The Kier molecular flexibility index (Phi) is 5.26. The Labute approximate surface area is 117 Å². The van der Waals surface area contributed by atoms with Gasteiger partial charge in [-0.15, -0.1) is 0 Å². The number of ether oxygens (including phenoxy) is 1. The molecule has 0 saturated heterocycles. The molecule has 0 aromatic rings. The lowest BCUT2D eigenvalue weighted by Crippen LogP contribution is -2.41. The summed E-state index contributed by atoms with van der Waals surface area (Å²) in [4.78, 5) is 44.5. The second kappa shape index (κ2) is 6.51. The van der Waals surface area contributed by atoms with Crippen LogP contribution < -0.4 is 0 Å². The maximum absolute atomic E-state index is 11.4. The summed E-state index contributed by atoms with van der Waals surface area (Å²) in [5.74, 6) is -0.856. The van der Waals surface area contributed by atoms with Crippen molar-refractivity contribution in [3.05, 3.63) is 12.2 Å². The van der Waals surface area contributed by atoms with E-state index in [-0.39, 0.29) is 6.61 Å². The average Bonchev–Trinajstić information content (AvgIpc) is 2.73. The van der Waals surface area contributed by atoms with Crippen molar-refractivity contribution >= 4 is 18.0 Å². The minimum absolute atomic E-state index is 0.159. The fraction of sp³-hybridized carbons (Fsp3) is 0.615. The van der Waals surface area contributed by atoms with Crippen LogP contribution in [0.1, 0.15) is 34.1 Å². The van der Waals surface area contributed by atoms with Gasteiger partial charge in [0.25, 0.3) is 11.8 Å². The molecular weight excluding hydrogens is 266 g/mol. The van der Waals surface area contributed by atoms with Gasteiger partial charge in [-0.05, 0) is 27.2 Å². The zero-order chi connectivity index (χ0) is 15.3. The van der Waals surface area contributed by atoms with Gasteiger partial charge in [-0.3, -0.25) is 19.4 Å². The van der Waals surface area contributed by atoms with Gasteiger partial charge < -0.3 is 4.74 Å². The third-order valence-corrected chi connectivity index (χ3v) is 2.91. The van der Waals surface area contributed by atoms with Crippen molar-refractivity contribution in [2.45, 2.75) is 45.8 Å². The molecule has 0 saturated carbocycles. The molecule has 0 aliphatic carbocycles. The Hall–Kier alpha value is -1.89. The molecule has 1 aliphatic heterocycles. The summed E-state index contributed by atoms with van der Waals surface area (Å²) in [5.41, 5.74) is -0.602. The van der Waals surface area contributed by atoms with E-state index in [1.165, 1.54) is 12.2 Å². The summed E-state index contributed by atoms with van der Waals surface area (Å²) in [5, 5.41) is 0. The third kappa shape index (κ3) is 4.34. The zero-order valence-electron chi connectivity index (χ0n) is 12.0. The summed E-state index contributed by atoms with van der Waals surface area (Å²) < 4.78 is 4.79. The number of hydrogen-bond donors (Lipinski definition) is 0. The smallest absolute Gasteiger partial charge is 0.430 e. The van der Waals surface area contributed by atoms with Crippen molar-refractivity contribution in [3.8, 4) is 0 Å². The van der Waals surface area contributed by atoms with Crippen LogP contribution in [0.15, 0.2) is 12.2 Å². The van der Waals surface area contributed by atoms with Gasteiger partial charge in [-0.25, -0.2) is 4.79 Å². The number of amides is 2. The quantitative estimate of drug-likeness (QED) is 0.319. The molecule has 1 aliphatic rings. The number of rotatable bonds is 6. The predicted octanol–water partition coefficient (Wildman–Crippen LogP) is 1.57. The summed E-state index contributed by atoms with van der Waals surface area (Å²) in [6.45, 7) is 6.83. The highest BCUT2D eigenvalue weighted by molar-refractivity contribution is 6.13. The van der Waals surface area contributed by atoms with Crippen molar-refractivity contribution in [3.63, 3.8) is 0 Å². The standard InChI is InChI=1S/C13H19NO6/c1-5-13(3,4)20-19-12(17)18-8-9(2)14-10(15)6-7-11(14)16/h6-7,9H,5,8H2,1-4H3. The molecule has 0 radical (unpaired) electrons. The highest BCUT2D eigenvalue weighted by Crippen LogP contribution is 2.14. The monoisotopic (exact) mass is 285 g/mol. The second-order valence-corrected chi connectivity index (χ2v) is 5.07. The van der Waals surface area contributed by atoms with Crippen LogP contribution in [0.4, 0.5) is 4.79 Å². The minimum Gasteiger partial charge on any atom is -0.430 e. The van der Waals surface area contributed by atoms with Crippen LogP contribution >= 0.6 is 0 Å². The normalized spacial score (nSPS) is 16.5. The maximum atomic E-state index is 11.4. The second-order valence-electron chi connectivity index (χ2n) is 5.07. The van der Waals surface area contributed by atoms with E-state index >= 15 is 0 Å². The molecule has 1 rings (SSSR count). The number of carbonyl (C=O) groups excluding carboxylic acids is 3. The van der Waals surface area contributed by atoms with Gasteiger partial charge in [-0.2, -0.15) is 4.89 Å². The van der Waals surface area contributed by atoms with E-state index in [2.05, 4.69) is 4.89 Å². The molecule has 0 fully saturated rings. The molecule has 0 aromatic carbocycles. The molecule has 7 heteroatoms. The van der Waals surface area contributed by atoms with Crippen LogP contribution in [-0.2, 0) is 24.1 Å². The molecule has 0 N–H and O–H groups in total. The molecule has 112 valence electrons. The maximum Gasteiger partial charge on any atom is 0.540 e. The molecule has 20 heavy (non-hydrogen) atoms. The van der Waals surface area contributed by atoms with Gasteiger partial charge in [0.2, 0.25) is 0 Å². The van der Waals surface area contributed by atoms with Crippen molar-refractivity contribution in [2.24, 2.45) is 0 Å². The molecule has 1 heterocycles. The first-order valence-electron chi connectivity index (χ1n) is 6.34. The molecule has 7 nitrogen and oxygen atoms in total. The fourth-order valence-electron chi connectivity index (χ4n) is 1.34. The number of carbonyl (C=O) groups is 3. The largest absolute Gasteiger partial charge is 0.540 e. The van der Waals surface area contributed by atoms with Gasteiger partial charge in [0.15, 0.2) is 0 Å². The van der Waals surface area contributed by atoms with E-state index in [4.69, 9.17) is 9.62 Å². The van der Waals surface area contributed by atoms with Crippen LogP contribution in [0, 0.1) is 0 Å².